The molecule has 5 heteroatoms. The van der Waals surface area contributed by atoms with E-state index in [2.05, 4.69) is 0 Å². The minimum atomic E-state index is -4.16. The molecule has 1 amide bonds. The topological polar surface area (TPSA) is 20.3 Å². The van der Waals surface area contributed by atoms with Gasteiger partial charge in [0, 0.05) is 20.0 Å². The first kappa shape index (κ1) is 10.3. The van der Waals surface area contributed by atoms with Crippen LogP contribution in [0.2, 0.25) is 0 Å². The van der Waals surface area contributed by atoms with Crippen LogP contribution >= 0.6 is 0 Å². The van der Waals surface area contributed by atoms with Crippen molar-refractivity contribution in [3.63, 3.8) is 0 Å². The zero-order valence-corrected chi connectivity index (χ0v) is 7.40. The van der Waals surface area contributed by atoms with Crippen LogP contribution in [0, 0.1) is 5.92 Å². The molecule has 1 aliphatic rings. The van der Waals surface area contributed by atoms with E-state index in [1.54, 1.807) is 0 Å². The maximum atomic E-state index is 12.2. The van der Waals surface area contributed by atoms with Gasteiger partial charge in [0.1, 0.15) is 0 Å². The van der Waals surface area contributed by atoms with Crippen LogP contribution in [0.3, 0.4) is 0 Å². The first-order valence-corrected chi connectivity index (χ1v) is 4.23. The Labute approximate surface area is 74.7 Å². The number of piperidine rings is 1. The van der Waals surface area contributed by atoms with Crippen LogP contribution in [-0.4, -0.2) is 30.1 Å². The van der Waals surface area contributed by atoms with Crippen molar-refractivity contribution >= 4 is 5.91 Å². The van der Waals surface area contributed by atoms with Gasteiger partial charge in [-0.2, -0.15) is 13.2 Å². The van der Waals surface area contributed by atoms with Gasteiger partial charge >= 0.3 is 6.18 Å². The van der Waals surface area contributed by atoms with Gasteiger partial charge in [-0.05, 0) is 12.8 Å². The molecular formula is C8H12F3NO. The lowest BCUT2D eigenvalue weighted by Gasteiger charge is -2.32. The molecule has 1 aliphatic heterocycles. The predicted octanol–water partition coefficient (Wildman–Crippen LogP) is 1.81. The number of alkyl halides is 3. The fraction of sp³-hybridized carbons (Fsp3) is 0.875. The van der Waals surface area contributed by atoms with Crippen molar-refractivity contribution in [2.24, 2.45) is 5.92 Å². The summed E-state index contributed by atoms with van der Waals surface area (Å²) in [6, 6.07) is 0. The Balaban J connectivity index is 2.57. The number of rotatable bonds is 0. The molecule has 1 rings (SSSR count). The maximum absolute atomic E-state index is 12.2. The summed E-state index contributed by atoms with van der Waals surface area (Å²) in [6.07, 6.45) is -3.56. The van der Waals surface area contributed by atoms with E-state index >= 15 is 0 Å². The van der Waals surface area contributed by atoms with E-state index in [0.29, 0.717) is 13.0 Å². The van der Waals surface area contributed by atoms with Crippen LogP contribution < -0.4 is 0 Å². The Kier molecular flexibility index (Phi) is 2.83. The van der Waals surface area contributed by atoms with Crippen LogP contribution in [0.4, 0.5) is 13.2 Å². The van der Waals surface area contributed by atoms with Crippen LogP contribution in [0.25, 0.3) is 0 Å². The molecule has 13 heavy (non-hydrogen) atoms. The van der Waals surface area contributed by atoms with Crippen molar-refractivity contribution in [2.45, 2.75) is 25.9 Å². The lowest BCUT2D eigenvalue weighted by molar-refractivity contribution is -0.187. The summed E-state index contributed by atoms with van der Waals surface area (Å²) >= 11 is 0. The van der Waals surface area contributed by atoms with E-state index in [0.717, 1.165) is 0 Å². The maximum Gasteiger partial charge on any atom is 0.393 e. The summed E-state index contributed by atoms with van der Waals surface area (Å²) < 4.78 is 36.7. The second-order valence-corrected chi connectivity index (χ2v) is 3.35. The van der Waals surface area contributed by atoms with Gasteiger partial charge in [0.05, 0.1) is 5.92 Å². The van der Waals surface area contributed by atoms with Crippen molar-refractivity contribution < 1.29 is 18.0 Å². The third-order valence-electron chi connectivity index (χ3n) is 2.33. The highest BCUT2D eigenvalue weighted by Gasteiger charge is 2.42. The summed E-state index contributed by atoms with van der Waals surface area (Å²) in [5, 5.41) is 0. The van der Waals surface area contributed by atoms with Crippen molar-refractivity contribution in [3.8, 4) is 0 Å². The number of amides is 1. The van der Waals surface area contributed by atoms with Crippen LogP contribution in [0.1, 0.15) is 19.8 Å². The lowest BCUT2D eigenvalue weighted by atomic mass is 9.97. The predicted molar refractivity (Wildman–Crippen MR) is 41.0 cm³/mol. The second-order valence-electron chi connectivity index (χ2n) is 3.35. The number of likely N-dealkylation sites (tertiary alicyclic amines) is 1. The van der Waals surface area contributed by atoms with Crippen LogP contribution in [-0.2, 0) is 4.79 Å². The number of nitrogens with zero attached hydrogens (tertiary/aromatic N) is 1. The molecule has 1 fully saturated rings. The average molecular weight is 195 g/mol. The highest BCUT2D eigenvalue weighted by atomic mass is 19.4. The number of carbonyl (C=O) groups excluding carboxylic acids is 1. The summed E-state index contributed by atoms with van der Waals surface area (Å²) in [7, 11) is 0. The smallest absolute Gasteiger partial charge is 0.342 e. The summed E-state index contributed by atoms with van der Waals surface area (Å²) in [6.45, 7) is 1.60. The molecule has 1 heterocycles. The molecule has 76 valence electrons. The molecule has 1 atom stereocenters. The Morgan fingerprint density at radius 3 is 2.54 bits per heavy atom. The summed E-state index contributed by atoms with van der Waals surface area (Å²) in [5.74, 6) is -1.60. The van der Waals surface area contributed by atoms with Crippen LogP contribution in [0.15, 0.2) is 0 Å². The highest BCUT2D eigenvalue weighted by molar-refractivity contribution is 5.73. The average Bonchev–Trinajstić information content (AvgIpc) is 2.03. The van der Waals surface area contributed by atoms with E-state index in [9.17, 15) is 18.0 Å². The molecule has 0 aromatic heterocycles. The Hall–Kier alpha value is -0.740. The molecule has 0 radical (unpaired) electrons. The molecule has 0 aromatic carbocycles. The molecule has 0 bridgehead atoms. The largest absolute Gasteiger partial charge is 0.393 e. The van der Waals surface area contributed by atoms with E-state index in [4.69, 9.17) is 0 Å². The van der Waals surface area contributed by atoms with Crippen molar-refractivity contribution in [1.82, 2.24) is 4.90 Å². The Bertz CT molecular complexity index is 202. The molecule has 0 spiro atoms. The minimum Gasteiger partial charge on any atom is -0.342 e. The van der Waals surface area contributed by atoms with Gasteiger partial charge in [0.25, 0.3) is 0 Å². The molecule has 2 nitrogen and oxygen atoms in total. The van der Waals surface area contributed by atoms with Crippen molar-refractivity contribution in [1.29, 1.82) is 0 Å². The van der Waals surface area contributed by atoms with E-state index in [-0.39, 0.29) is 18.9 Å². The third kappa shape index (κ3) is 2.60. The van der Waals surface area contributed by atoms with Gasteiger partial charge in [0.15, 0.2) is 0 Å². The monoisotopic (exact) mass is 195 g/mol. The molecule has 0 aliphatic carbocycles. The van der Waals surface area contributed by atoms with Crippen molar-refractivity contribution in [2.75, 3.05) is 13.1 Å². The lowest BCUT2D eigenvalue weighted by Crippen LogP contribution is -2.43. The van der Waals surface area contributed by atoms with Gasteiger partial charge in [-0.25, -0.2) is 0 Å². The van der Waals surface area contributed by atoms with Crippen LogP contribution in [0.5, 0.6) is 0 Å². The van der Waals surface area contributed by atoms with Gasteiger partial charge < -0.3 is 4.90 Å². The molecule has 0 saturated carbocycles. The first-order chi connectivity index (χ1) is 5.91. The second kappa shape index (κ2) is 3.55. The van der Waals surface area contributed by atoms with E-state index in [1.165, 1.54) is 11.8 Å². The fourth-order valence-electron chi connectivity index (χ4n) is 1.53. The molecule has 0 unspecified atom stereocenters. The van der Waals surface area contributed by atoms with Gasteiger partial charge in [0.2, 0.25) is 5.91 Å². The number of halogens is 3. The highest BCUT2D eigenvalue weighted by Crippen LogP contribution is 2.32. The third-order valence-corrected chi connectivity index (χ3v) is 2.33. The minimum absolute atomic E-state index is 0.146. The fourth-order valence-corrected chi connectivity index (χ4v) is 1.53. The summed E-state index contributed by atoms with van der Waals surface area (Å²) in [5.41, 5.74) is 0. The standard InChI is InChI=1S/C8H12F3NO/c1-6(13)12-4-2-3-7(5-12)8(9,10)11/h7H,2-5H2,1H3/t7-/m1/s1. The zero-order chi connectivity index (χ0) is 10.1. The quantitative estimate of drug-likeness (QED) is 0.577. The number of carbonyl (C=O) groups is 1. The van der Waals surface area contributed by atoms with Gasteiger partial charge in [-0.3, -0.25) is 4.79 Å². The molecular weight excluding hydrogens is 183 g/mol. The Morgan fingerprint density at radius 1 is 1.46 bits per heavy atom. The van der Waals surface area contributed by atoms with Gasteiger partial charge in [-0.1, -0.05) is 0 Å². The first-order valence-electron chi connectivity index (χ1n) is 4.23. The SMILES string of the molecule is CC(=O)N1CCC[C@@H](C(F)(F)F)C1. The summed E-state index contributed by atoms with van der Waals surface area (Å²) in [4.78, 5) is 12.1. The molecule has 1 saturated heterocycles. The number of hydrogen-bond donors (Lipinski definition) is 0. The van der Waals surface area contributed by atoms with Crippen molar-refractivity contribution in [3.05, 3.63) is 0 Å². The number of hydrogen-bond acceptors (Lipinski definition) is 1. The molecule has 0 N–H and O–H groups in total. The molecule has 0 aromatic rings. The zero-order valence-electron chi connectivity index (χ0n) is 7.40. The normalized spacial score (nSPS) is 24.6. The van der Waals surface area contributed by atoms with Gasteiger partial charge in [-0.15, -0.1) is 0 Å². The van der Waals surface area contributed by atoms with E-state index < -0.39 is 12.1 Å². The van der Waals surface area contributed by atoms with E-state index in [1.807, 2.05) is 0 Å². The Morgan fingerprint density at radius 2 is 2.08 bits per heavy atom.